The third kappa shape index (κ3) is 7.34. The summed E-state index contributed by atoms with van der Waals surface area (Å²) < 4.78 is 30.7. The van der Waals surface area contributed by atoms with Crippen molar-refractivity contribution in [3.05, 3.63) is 29.8 Å². The topological polar surface area (TPSA) is 91.8 Å². The molecule has 0 spiro atoms. The summed E-state index contributed by atoms with van der Waals surface area (Å²) in [6.07, 6.45) is 1.13. The molecular weight excluding hydrogens is 316 g/mol. The molecule has 0 amide bonds. The largest absolute Gasteiger partial charge is 0.377 e. The fraction of sp³-hybridized carbons (Fsp3) is 0.533. The number of anilines is 1. The van der Waals surface area contributed by atoms with Gasteiger partial charge in [-0.2, -0.15) is 0 Å². The Morgan fingerprint density at radius 1 is 1.26 bits per heavy atom. The maximum absolute atomic E-state index is 11.4. The van der Waals surface area contributed by atoms with Crippen LogP contribution in [0.4, 0.5) is 5.69 Å². The molecule has 23 heavy (non-hydrogen) atoms. The molecule has 0 aliphatic heterocycles. The second kappa shape index (κ2) is 8.16. The zero-order chi connectivity index (χ0) is 17.5. The van der Waals surface area contributed by atoms with Crippen LogP contribution in [0.3, 0.4) is 0 Å². The van der Waals surface area contributed by atoms with Crippen molar-refractivity contribution in [2.24, 2.45) is 4.99 Å². The number of para-hydroxylation sites is 1. The standard InChI is InChI=1S/C15H26N4O3S/c1-15(2,22-4)11-18-14(16-3)17-10-12-8-6-7-9-13(12)19-23(5,20)21/h6-9,19H,10-11H2,1-5H3,(H2,16,17,18). The van der Waals surface area contributed by atoms with Gasteiger partial charge in [-0.25, -0.2) is 8.42 Å². The Kier molecular flexibility index (Phi) is 6.83. The molecule has 0 fully saturated rings. The minimum Gasteiger partial charge on any atom is -0.377 e. The molecule has 8 heteroatoms. The molecule has 3 N–H and O–H groups in total. The van der Waals surface area contributed by atoms with Crippen LogP contribution in [0.5, 0.6) is 0 Å². The Labute approximate surface area is 138 Å². The summed E-state index contributed by atoms with van der Waals surface area (Å²) in [5, 5.41) is 6.33. The van der Waals surface area contributed by atoms with Gasteiger partial charge in [0.2, 0.25) is 10.0 Å². The molecule has 1 aromatic carbocycles. The van der Waals surface area contributed by atoms with E-state index < -0.39 is 10.0 Å². The van der Waals surface area contributed by atoms with Crippen molar-refractivity contribution in [2.75, 3.05) is 31.7 Å². The Bertz CT molecular complexity index is 642. The number of sulfonamides is 1. The maximum Gasteiger partial charge on any atom is 0.229 e. The van der Waals surface area contributed by atoms with Crippen molar-refractivity contribution in [3.63, 3.8) is 0 Å². The number of ether oxygens (including phenoxy) is 1. The summed E-state index contributed by atoms with van der Waals surface area (Å²) in [6.45, 7) is 4.97. The normalized spacial score (nSPS) is 12.8. The number of aliphatic imine (C=N–C) groups is 1. The molecule has 0 atom stereocenters. The second-order valence-corrected chi connectivity index (χ2v) is 7.52. The average Bonchev–Trinajstić information content (AvgIpc) is 2.47. The van der Waals surface area contributed by atoms with E-state index in [1.165, 1.54) is 0 Å². The Hall–Kier alpha value is -1.80. The third-order valence-electron chi connectivity index (χ3n) is 3.22. The first kappa shape index (κ1) is 19.2. The predicted octanol–water partition coefficient (Wildman–Crippen LogP) is 1.15. The van der Waals surface area contributed by atoms with E-state index >= 15 is 0 Å². The van der Waals surface area contributed by atoms with Crippen LogP contribution in [0.25, 0.3) is 0 Å². The summed E-state index contributed by atoms with van der Waals surface area (Å²) in [5.41, 5.74) is 1.06. The van der Waals surface area contributed by atoms with Gasteiger partial charge in [-0.3, -0.25) is 9.71 Å². The Morgan fingerprint density at radius 3 is 2.48 bits per heavy atom. The lowest BCUT2D eigenvalue weighted by Crippen LogP contribution is -2.45. The van der Waals surface area contributed by atoms with Gasteiger partial charge in [0.1, 0.15) is 0 Å². The maximum atomic E-state index is 11.4. The zero-order valence-corrected chi connectivity index (χ0v) is 15.1. The fourth-order valence-electron chi connectivity index (χ4n) is 1.74. The first-order valence-electron chi connectivity index (χ1n) is 7.22. The third-order valence-corrected chi connectivity index (χ3v) is 3.81. The molecule has 1 aromatic rings. The lowest BCUT2D eigenvalue weighted by atomic mass is 10.1. The first-order chi connectivity index (χ1) is 10.7. The number of nitrogens with one attached hydrogen (secondary N) is 3. The van der Waals surface area contributed by atoms with Gasteiger partial charge in [-0.1, -0.05) is 18.2 Å². The molecule has 0 radical (unpaired) electrons. The van der Waals surface area contributed by atoms with Crippen molar-refractivity contribution in [2.45, 2.75) is 26.0 Å². The highest BCUT2D eigenvalue weighted by atomic mass is 32.2. The van der Waals surface area contributed by atoms with Gasteiger partial charge in [0.15, 0.2) is 5.96 Å². The molecule has 7 nitrogen and oxygen atoms in total. The minimum atomic E-state index is -3.32. The van der Waals surface area contributed by atoms with E-state index in [9.17, 15) is 8.42 Å². The van der Waals surface area contributed by atoms with Crippen LogP contribution in [-0.2, 0) is 21.3 Å². The van der Waals surface area contributed by atoms with E-state index in [-0.39, 0.29) is 5.60 Å². The van der Waals surface area contributed by atoms with E-state index in [2.05, 4.69) is 20.3 Å². The summed E-state index contributed by atoms with van der Waals surface area (Å²) >= 11 is 0. The van der Waals surface area contributed by atoms with E-state index in [1.54, 1.807) is 26.3 Å². The quantitative estimate of drug-likeness (QED) is 0.511. The molecule has 0 aromatic heterocycles. The summed E-state index contributed by atoms with van der Waals surface area (Å²) in [4.78, 5) is 4.14. The molecule has 0 unspecified atom stereocenters. The Balaban J connectivity index is 2.70. The van der Waals surface area contributed by atoms with Crippen molar-refractivity contribution < 1.29 is 13.2 Å². The lowest BCUT2D eigenvalue weighted by molar-refractivity contribution is 0.0268. The Morgan fingerprint density at radius 2 is 1.91 bits per heavy atom. The number of methoxy groups -OCH3 is 1. The highest BCUT2D eigenvalue weighted by Gasteiger charge is 2.16. The van der Waals surface area contributed by atoms with Crippen LogP contribution in [0.1, 0.15) is 19.4 Å². The van der Waals surface area contributed by atoms with Gasteiger partial charge in [0, 0.05) is 27.2 Å². The summed E-state index contributed by atoms with van der Waals surface area (Å²) in [6, 6.07) is 7.22. The number of nitrogens with zero attached hydrogens (tertiary/aromatic N) is 1. The van der Waals surface area contributed by atoms with Crippen LogP contribution in [0, 0.1) is 0 Å². The summed E-state index contributed by atoms with van der Waals surface area (Å²) in [7, 11) is 0.0171. The number of guanidine groups is 1. The van der Waals surface area contributed by atoms with Gasteiger partial charge in [0.25, 0.3) is 0 Å². The molecular formula is C15H26N4O3S. The molecule has 0 aliphatic rings. The minimum absolute atomic E-state index is 0.312. The van der Waals surface area contributed by atoms with Crippen molar-refractivity contribution in [1.29, 1.82) is 0 Å². The average molecular weight is 342 g/mol. The van der Waals surface area contributed by atoms with Crippen molar-refractivity contribution in [1.82, 2.24) is 10.6 Å². The molecule has 0 saturated carbocycles. The van der Waals surface area contributed by atoms with Gasteiger partial charge in [-0.05, 0) is 25.5 Å². The van der Waals surface area contributed by atoms with Crippen LogP contribution < -0.4 is 15.4 Å². The smallest absolute Gasteiger partial charge is 0.229 e. The SMILES string of the molecule is CN=C(NCc1ccccc1NS(C)(=O)=O)NCC(C)(C)OC. The molecule has 0 aliphatic carbocycles. The van der Waals surface area contributed by atoms with Gasteiger partial charge < -0.3 is 15.4 Å². The van der Waals surface area contributed by atoms with E-state index in [0.29, 0.717) is 24.7 Å². The van der Waals surface area contributed by atoms with Gasteiger partial charge in [0.05, 0.1) is 17.5 Å². The molecule has 0 saturated heterocycles. The number of hydrogen-bond acceptors (Lipinski definition) is 4. The van der Waals surface area contributed by atoms with Gasteiger partial charge in [-0.15, -0.1) is 0 Å². The second-order valence-electron chi connectivity index (χ2n) is 5.77. The highest BCUT2D eigenvalue weighted by molar-refractivity contribution is 7.92. The van der Waals surface area contributed by atoms with Crippen LogP contribution in [0.2, 0.25) is 0 Å². The lowest BCUT2D eigenvalue weighted by Gasteiger charge is -2.24. The zero-order valence-electron chi connectivity index (χ0n) is 14.3. The van der Waals surface area contributed by atoms with E-state index in [1.807, 2.05) is 26.0 Å². The van der Waals surface area contributed by atoms with Crippen LogP contribution in [-0.4, -0.2) is 46.9 Å². The number of benzene rings is 1. The van der Waals surface area contributed by atoms with Gasteiger partial charge >= 0.3 is 0 Å². The predicted molar refractivity (Wildman–Crippen MR) is 94.2 cm³/mol. The highest BCUT2D eigenvalue weighted by Crippen LogP contribution is 2.15. The molecule has 1 rings (SSSR count). The number of hydrogen-bond donors (Lipinski definition) is 3. The fourth-order valence-corrected chi connectivity index (χ4v) is 2.34. The van der Waals surface area contributed by atoms with Crippen molar-refractivity contribution in [3.8, 4) is 0 Å². The summed E-state index contributed by atoms with van der Waals surface area (Å²) in [5.74, 6) is 0.615. The molecule has 0 heterocycles. The first-order valence-corrected chi connectivity index (χ1v) is 9.11. The van der Waals surface area contributed by atoms with E-state index in [4.69, 9.17) is 4.74 Å². The monoisotopic (exact) mass is 342 g/mol. The number of rotatable bonds is 7. The molecule has 130 valence electrons. The molecule has 0 bridgehead atoms. The van der Waals surface area contributed by atoms with E-state index in [0.717, 1.165) is 11.8 Å². The van der Waals surface area contributed by atoms with Crippen LogP contribution >= 0.6 is 0 Å². The van der Waals surface area contributed by atoms with Crippen LogP contribution in [0.15, 0.2) is 29.3 Å². The van der Waals surface area contributed by atoms with Crippen molar-refractivity contribution >= 4 is 21.7 Å².